The Kier molecular flexibility index (Phi) is 4.28. The average Bonchev–Trinajstić information content (AvgIpc) is 3.33. The summed E-state index contributed by atoms with van der Waals surface area (Å²) in [6.45, 7) is 0. The van der Waals surface area contributed by atoms with Crippen LogP contribution < -0.4 is 4.74 Å². The van der Waals surface area contributed by atoms with Crippen LogP contribution >= 0.6 is 0 Å². The van der Waals surface area contributed by atoms with Crippen molar-refractivity contribution in [1.82, 2.24) is 19.6 Å². The third kappa shape index (κ3) is 3.08. The zero-order valence-electron chi connectivity index (χ0n) is 21.4. The van der Waals surface area contributed by atoms with Crippen molar-refractivity contribution in [3.05, 3.63) is 95.6 Å². The van der Waals surface area contributed by atoms with E-state index in [2.05, 4.69) is 66.7 Å². The van der Waals surface area contributed by atoms with Crippen LogP contribution in [0.3, 0.4) is 0 Å². The first-order chi connectivity index (χ1) is 18.7. The number of aromatic nitrogens is 4. The minimum Gasteiger partial charge on any atom is -0.438 e. The molecule has 4 aliphatic carbocycles. The maximum atomic E-state index is 6.60. The molecule has 0 N–H and O–H groups in total. The molecule has 4 saturated carbocycles. The van der Waals surface area contributed by atoms with Crippen LogP contribution in [0.15, 0.2) is 73.1 Å². The van der Waals surface area contributed by atoms with Crippen LogP contribution in [0.25, 0.3) is 16.4 Å². The number of hydrogen-bond acceptors (Lipinski definition) is 4. The molecule has 0 unspecified atom stereocenters. The summed E-state index contributed by atoms with van der Waals surface area (Å²) in [6, 6.07) is 23.5. The van der Waals surface area contributed by atoms with E-state index in [4.69, 9.17) is 19.8 Å². The fourth-order valence-electron chi connectivity index (χ4n) is 9.00. The number of ether oxygens (including phenoxy) is 1. The monoisotopic (exact) mass is 498 g/mol. The first kappa shape index (κ1) is 21.2. The smallest absolute Gasteiger partial charge is 0.228 e. The molecule has 0 radical (unpaired) electrons. The van der Waals surface area contributed by atoms with Gasteiger partial charge < -0.3 is 4.74 Å². The summed E-state index contributed by atoms with van der Waals surface area (Å²) in [5.41, 5.74) is 4.67. The van der Waals surface area contributed by atoms with Crippen molar-refractivity contribution in [3.63, 3.8) is 0 Å². The van der Waals surface area contributed by atoms with Crippen molar-refractivity contribution in [2.24, 2.45) is 23.2 Å². The van der Waals surface area contributed by atoms with Crippen molar-refractivity contribution in [1.29, 1.82) is 0 Å². The maximum absolute atomic E-state index is 6.60. The fourth-order valence-corrected chi connectivity index (χ4v) is 9.00. The van der Waals surface area contributed by atoms with Gasteiger partial charge in [-0.3, -0.25) is 0 Å². The van der Waals surface area contributed by atoms with Crippen LogP contribution in [0, 0.1) is 23.2 Å². The molecule has 1 atom stereocenters. The maximum Gasteiger partial charge on any atom is 0.228 e. The Bertz CT molecular complexity index is 1690. The van der Waals surface area contributed by atoms with Gasteiger partial charge in [0.05, 0.1) is 5.56 Å². The molecule has 1 aliphatic heterocycles. The van der Waals surface area contributed by atoms with Gasteiger partial charge in [-0.05, 0) is 72.6 Å². The van der Waals surface area contributed by atoms with Gasteiger partial charge in [-0.1, -0.05) is 66.7 Å². The first-order valence-corrected chi connectivity index (χ1v) is 14.2. The fraction of sp³-hybridized carbons (Fsp3) is 0.364. The number of hydrogen-bond donors (Lipinski definition) is 0. The largest absolute Gasteiger partial charge is 0.438 e. The van der Waals surface area contributed by atoms with Gasteiger partial charge in [0.2, 0.25) is 5.88 Å². The van der Waals surface area contributed by atoms with E-state index in [9.17, 15) is 0 Å². The zero-order valence-corrected chi connectivity index (χ0v) is 21.4. The molecule has 0 saturated heterocycles. The van der Waals surface area contributed by atoms with Gasteiger partial charge in [-0.2, -0.15) is 0 Å². The summed E-state index contributed by atoms with van der Waals surface area (Å²) in [4.78, 5) is 10.1. The first-order valence-electron chi connectivity index (χ1n) is 14.2. The normalized spacial score (nSPS) is 28.8. The van der Waals surface area contributed by atoms with Crippen LogP contribution in [0.4, 0.5) is 0 Å². The molecule has 4 fully saturated rings. The van der Waals surface area contributed by atoms with Gasteiger partial charge >= 0.3 is 0 Å². The van der Waals surface area contributed by atoms with E-state index in [1.54, 1.807) is 6.33 Å². The molecule has 3 heterocycles. The molecule has 10 rings (SSSR count). The Morgan fingerprint density at radius 3 is 2.37 bits per heavy atom. The molecular formula is C33H30N4O. The molecular weight excluding hydrogens is 468 g/mol. The Morgan fingerprint density at radius 1 is 0.842 bits per heavy atom. The molecule has 0 spiro atoms. The lowest BCUT2D eigenvalue weighted by Gasteiger charge is -2.56. The summed E-state index contributed by atoms with van der Waals surface area (Å²) < 4.78 is 8.50. The molecule has 4 bridgehead atoms. The Labute approximate surface area is 221 Å². The number of nitrogens with zero attached hydrogens (tertiary/aromatic N) is 4. The second-order valence-electron chi connectivity index (χ2n) is 12.5. The minimum absolute atomic E-state index is 0.0210. The molecule has 2 aromatic heterocycles. The van der Waals surface area contributed by atoms with Gasteiger partial charge in [0.15, 0.2) is 11.5 Å². The molecule has 5 heteroatoms. The number of rotatable bonds is 3. The summed E-state index contributed by atoms with van der Waals surface area (Å²) in [5, 5.41) is 7.30. The second kappa shape index (κ2) is 7.66. The number of benzene rings is 3. The molecule has 3 aromatic carbocycles. The quantitative estimate of drug-likeness (QED) is 0.256. The zero-order chi connectivity index (χ0) is 24.8. The lowest BCUT2D eigenvalue weighted by molar-refractivity contribution is -0.0531. The molecule has 5 nitrogen and oxygen atoms in total. The van der Waals surface area contributed by atoms with Crippen LogP contribution in [-0.2, 0) is 6.42 Å². The van der Waals surface area contributed by atoms with Crippen LogP contribution in [-0.4, -0.2) is 19.6 Å². The van der Waals surface area contributed by atoms with Crippen LogP contribution in [0.1, 0.15) is 67.0 Å². The van der Waals surface area contributed by atoms with Crippen molar-refractivity contribution < 1.29 is 4.74 Å². The van der Waals surface area contributed by atoms with Crippen molar-refractivity contribution in [2.45, 2.75) is 50.9 Å². The highest BCUT2D eigenvalue weighted by atomic mass is 16.5. The van der Waals surface area contributed by atoms with E-state index in [0.717, 1.165) is 57.9 Å². The standard InChI is InChI=1S/C33H30N4O/c1-2-7-24(8-3-1)28-26-11-10-23-6-4-5-9-25(23)30(26)38-32-29(28)31-35-27(36-37(31)19-34-32)18-33-15-20-12-21(16-33)14-22(13-20)17-33/h1-11,19-22,28H,12-18H2/t20?,21?,22?,28-,33?/m0/s1. The average molecular weight is 499 g/mol. The Balaban J connectivity index is 1.20. The second-order valence-corrected chi connectivity index (χ2v) is 12.5. The van der Waals surface area contributed by atoms with Crippen LogP contribution in [0.2, 0.25) is 0 Å². The topological polar surface area (TPSA) is 52.3 Å². The predicted molar refractivity (Wildman–Crippen MR) is 146 cm³/mol. The predicted octanol–water partition coefficient (Wildman–Crippen LogP) is 7.32. The lowest BCUT2D eigenvalue weighted by Crippen LogP contribution is -2.47. The number of fused-ring (bicyclic) bond motifs is 6. The Morgan fingerprint density at radius 2 is 1.58 bits per heavy atom. The van der Waals surface area contributed by atoms with E-state index in [0.29, 0.717) is 11.3 Å². The summed E-state index contributed by atoms with van der Waals surface area (Å²) in [5.74, 6) is 5.27. The van der Waals surface area contributed by atoms with Crippen molar-refractivity contribution in [2.75, 3.05) is 0 Å². The van der Waals surface area contributed by atoms with E-state index in [1.165, 1.54) is 49.5 Å². The van der Waals surface area contributed by atoms with E-state index >= 15 is 0 Å². The van der Waals surface area contributed by atoms with Crippen LogP contribution in [0.5, 0.6) is 11.6 Å². The third-order valence-electron chi connectivity index (χ3n) is 9.97. The van der Waals surface area contributed by atoms with Gasteiger partial charge in [0, 0.05) is 23.3 Å². The highest BCUT2D eigenvalue weighted by Gasteiger charge is 2.51. The van der Waals surface area contributed by atoms with Crippen molar-refractivity contribution in [3.8, 4) is 11.6 Å². The molecule has 38 heavy (non-hydrogen) atoms. The van der Waals surface area contributed by atoms with E-state index in [1.807, 2.05) is 4.52 Å². The summed E-state index contributed by atoms with van der Waals surface area (Å²) >= 11 is 0. The molecule has 0 amide bonds. The molecule has 5 aromatic rings. The molecule has 188 valence electrons. The van der Waals surface area contributed by atoms with Gasteiger partial charge in [-0.15, -0.1) is 5.10 Å². The Hall–Kier alpha value is -3.73. The van der Waals surface area contributed by atoms with E-state index in [-0.39, 0.29) is 5.92 Å². The lowest BCUT2D eigenvalue weighted by atomic mass is 9.49. The highest BCUT2D eigenvalue weighted by molar-refractivity contribution is 5.91. The molecule has 5 aliphatic rings. The third-order valence-corrected chi connectivity index (χ3v) is 9.97. The summed E-state index contributed by atoms with van der Waals surface area (Å²) in [6.07, 6.45) is 11.2. The van der Waals surface area contributed by atoms with E-state index < -0.39 is 0 Å². The van der Waals surface area contributed by atoms with Gasteiger partial charge in [0.1, 0.15) is 12.1 Å². The van der Waals surface area contributed by atoms with Gasteiger partial charge in [-0.25, -0.2) is 14.5 Å². The van der Waals surface area contributed by atoms with Crippen molar-refractivity contribution >= 4 is 16.4 Å². The minimum atomic E-state index is -0.0210. The highest BCUT2D eigenvalue weighted by Crippen LogP contribution is 2.61. The SMILES string of the molecule is c1ccc([C@H]2c3ccc4ccccc4c3Oc3ncn4nc(CC56CC7CC(CC(C7)C5)C6)nc4c32)cc1. The van der Waals surface area contributed by atoms with Gasteiger partial charge in [0.25, 0.3) is 0 Å². The summed E-state index contributed by atoms with van der Waals surface area (Å²) in [7, 11) is 0.